The van der Waals surface area contributed by atoms with Crippen LogP contribution in [0.5, 0.6) is 0 Å². The fourth-order valence-electron chi connectivity index (χ4n) is 3.61. The summed E-state index contributed by atoms with van der Waals surface area (Å²) in [6.45, 7) is 1.75. The fourth-order valence-corrected chi connectivity index (χ4v) is 3.61. The van der Waals surface area contributed by atoms with E-state index in [-0.39, 0.29) is 18.1 Å². The van der Waals surface area contributed by atoms with Crippen molar-refractivity contribution in [3.63, 3.8) is 0 Å². The molecule has 2 aliphatic rings. The first kappa shape index (κ1) is 17.5. The lowest BCUT2D eigenvalue weighted by atomic mass is 9.95. The Hall–Kier alpha value is -2.30. The molecule has 0 unspecified atom stereocenters. The molecule has 1 aromatic carbocycles. The highest BCUT2D eigenvalue weighted by molar-refractivity contribution is 5.95. The van der Waals surface area contributed by atoms with Gasteiger partial charge in [-0.2, -0.15) is 0 Å². The number of amides is 2. The van der Waals surface area contributed by atoms with E-state index >= 15 is 0 Å². The number of carbonyl (C=O) groups excluding carboxylic acids is 2. The van der Waals surface area contributed by atoms with Crippen LogP contribution in [0.1, 0.15) is 63.5 Å². The van der Waals surface area contributed by atoms with Crippen LogP contribution in [0.15, 0.2) is 41.6 Å². The van der Waals surface area contributed by atoms with Gasteiger partial charge in [0.2, 0.25) is 0 Å². The second-order valence-electron chi connectivity index (χ2n) is 6.85. The van der Waals surface area contributed by atoms with Crippen LogP contribution in [-0.2, 0) is 9.53 Å². The van der Waals surface area contributed by atoms with Crippen LogP contribution in [0.4, 0.5) is 4.79 Å². The van der Waals surface area contributed by atoms with E-state index in [9.17, 15) is 9.59 Å². The molecule has 1 aliphatic carbocycles. The molecule has 134 valence electrons. The minimum atomic E-state index is -0.476. The smallest absolute Gasteiger partial charge is 0.338 e. The third-order valence-corrected chi connectivity index (χ3v) is 4.95. The van der Waals surface area contributed by atoms with Crippen LogP contribution >= 0.6 is 0 Å². The van der Waals surface area contributed by atoms with Gasteiger partial charge in [-0.05, 0) is 38.2 Å². The molecule has 0 saturated heterocycles. The van der Waals surface area contributed by atoms with Gasteiger partial charge in [0.15, 0.2) is 0 Å². The lowest BCUT2D eigenvalue weighted by Gasteiger charge is -2.29. The monoisotopic (exact) mass is 342 g/mol. The van der Waals surface area contributed by atoms with E-state index in [2.05, 4.69) is 10.6 Å². The Balaban J connectivity index is 1.79. The van der Waals surface area contributed by atoms with Gasteiger partial charge in [0.1, 0.15) is 6.10 Å². The van der Waals surface area contributed by atoms with E-state index in [1.807, 2.05) is 30.3 Å². The molecule has 1 aromatic rings. The summed E-state index contributed by atoms with van der Waals surface area (Å²) in [7, 11) is 0. The molecule has 1 heterocycles. The number of benzene rings is 1. The highest BCUT2D eigenvalue weighted by atomic mass is 16.5. The van der Waals surface area contributed by atoms with Crippen LogP contribution in [0.2, 0.25) is 0 Å². The molecule has 1 aliphatic heterocycles. The molecule has 5 heteroatoms. The molecule has 0 aromatic heterocycles. The number of hydrogen-bond acceptors (Lipinski definition) is 3. The van der Waals surface area contributed by atoms with Crippen molar-refractivity contribution < 1.29 is 14.3 Å². The van der Waals surface area contributed by atoms with Gasteiger partial charge in [-0.1, -0.05) is 49.6 Å². The van der Waals surface area contributed by atoms with Gasteiger partial charge in [0.05, 0.1) is 11.6 Å². The number of carbonyl (C=O) groups is 2. The van der Waals surface area contributed by atoms with Gasteiger partial charge in [-0.3, -0.25) is 0 Å². The molecular formula is C20H26N2O3. The topological polar surface area (TPSA) is 67.4 Å². The molecule has 1 saturated carbocycles. The summed E-state index contributed by atoms with van der Waals surface area (Å²) >= 11 is 0. The summed E-state index contributed by atoms with van der Waals surface area (Å²) in [5.41, 5.74) is 1.93. The molecular weight excluding hydrogens is 316 g/mol. The minimum absolute atomic E-state index is 0.0258. The number of hydrogen-bond donors (Lipinski definition) is 2. The molecule has 2 N–H and O–H groups in total. The maximum atomic E-state index is 12.9. The summed E-state index contributed by atoms with van der Waals surface area (Å²) in [6.07, 6.45) is 7.72. The van der Waals surface area contributed by atoms with E-state index in [4.69, 9.17) is 4.74 Å². The van der Waals surface area contributed by atoms with Crippen LogP contribution in [-0.4, -0.2) is 18.1 Å². The van der Waals surface area contributed by atoms with Crippen molar-refractivity contribution >= 4 is 12.0 Å². The molecule has 1 atom stereocenters. The van der Waals surface area contributed by atoms with Gasteiger partial charge in [-0.15, -0.1) is 0 Å². The maximum absolute atomic E-state index is 12.9. The zero-order valence-electron chi connectivity index (χ0n) is 14.7. The van der Waals surface area contributed by atoms with Crippen LogP contribution in [0.3, 0.4) is 0 Å². The third kappa shape index (κ3) is 4.41. The summed E-state index contributed by atoms with van der Waals surface area (Å²) in [5, 5.41) is 5.54. The summed E-state index contributed by atoms with van der Waals surface area (Å²) in [5.74, 6) is -0.329. The molecule has 3 rings (SSSR count). The maximum Gasteiger partial charge on any atom is 0.338 e. The SMILES string of the molecule is CC1=C(C(=O)OC2CCCCCCC2)[C@@H](c2ccccc2)NC(=O)N1. The average Bonchev–Trinajstić information content (AvgIpc) is 2.57. The number of urea groups is 1. The highest BCUT2D eigenvalue weighted by Gasteiger charge is 2.33. The Morgan fingerprint density at radius 1 is 1.04 bits per heavy atom. The largest absolute Gasteiger partial charge is 0.459 e. The first-order valence-corrected chi connectivity index (χ1v) is 9.19. The first-order valence-electron chi connectivity index (χ1n) is 9.19. The Labute approximate surface area is 148 Å². The molecule has 0 radical (unpaired) electrons. The van der Waals surface area contributed by atoms with Gasteiger partial charge < -0.3 is 15.4 Å². The number of nitrogens with one attached hydrogen (secondary N) is 2. The van der Waals surface area contributed by atoms with Crippen molar-refractivity contribution in [3.05, 3.63) is 47.2 Å². The Kier molecular flexibility index (Phi) is 5.74. The molecule has 25 heavy (non-hydrogen) atoms. The van der Waals surface area contributed by atoms with Crippen molar-refractivity contribution in [2.24, 2.45) is 0 Å². The van der Waals surface area contributed by atoms with Gasteiger partial charge >= 0.3 is 12.0 Å². The molecule has 2 amide bonds. The van der Waals surface area contributed by atoms with Crippen LogP contribution in [0.25, 0.3) is 0 Å². The van der Waals surface area contributed by atoms with Crippen molar-refractivity contribution in [1.29, 1.82) is 0 Å². The Morgan fingerprint density at radius 3 is 2.36 bits per heavy atom. The van der Waals surface area contributed by atoms with Gasteiger partial charge in [0.25, 0.3) is 0 Å². The zero-order valence-corrected chi connectivity index (χ0v) is 14.7. The highest BCUT2D eigenvalue weighted by Crippen LogP contribution is 2.29. The lowest BCUT2D eigenvalue weighted by molar-refractivity contribution is -0.145. The molecule has 0 bridgehead atoms. The predicted molar refractivity (Wildman–Crippen MR) is 95.7 cm³/mol. The number of allylic oxidation sites excluding steroid dienone is 1. The molecule has 5 nitrogen and oxygen atoms in total. The molecule has 0 spiro atoms. The molecule has 1 fully saturated rings. The lowest BCUT2D eigenvalue weighted by Crippen LogP contribution is -2.45. The number of ether oxygens (including phenoxy) is 1. The van der Waals surface area contributed by atoms with Crippen molar-refractivity contribution in [2.45, 2.75) is 64.0 Å². The van der Waals surface area contributed by atoms with E-state index in [1.165, 1.54) is 19.3 Å². The van der Waals surface area contributed by atoms with Crippen molar-refractivity contribution in [1.82, 2.24) is 10.6 Å². The normalized spacial score (nSPS) is 22.4. The van der Waals surface area contributed by atoms with Gasteiger partial charge in [-0.25, -0.2) is 9.59 Å². The fraction of sp³-hybridized carbons (Fsp3) is 0.500. The van der Waals surface area contributed by atoms with Crippen LogP contribution in [0, 0.1) is 0 Å². The zero-order chi connectivity index (χ0) is 17.6. The number of esters is 1. The van der Waals surface area contributed by atoms with E-state index < -0.39 is 6.04 Å². The summed E-state index contributed by atoms with van der Waals surface area (Å²) in [4.78, 5) is 24.8. The van der Waals surface area contributed by atoms with Crippen molar-refractivity contribution in [3.8, 4) is 0 Å². The second kappa shape index (κ2) is 8.19. The summed E-state index contributed by atoms with van der Waals surface area (Å²) in [6, 6.07) is 8.76. The summed E-state index contributed by atoms with van der Waals surface area (Å²) < 4.78 is 5.84. The van der Waals surface area contributed by atoms with E-state index in [1.54, 1.807) is 6.92 Å². The van der Waals surface area contributed by atoms with Crippen LogP contribution < -0.4 is 10.6 Å². The second-order valence-corrected chi connectivity index (χ2v) is 6.85. The Bertz CT molecular complexity index is 646. The quantitative estimate of drug-likeness (QED) is 0.817. The van der Waals surface area contributed by atoms with Gasteiger partial charge in [0, 0.05) is 5.70 Å². The first-order chi connectivity index (χ1) is 12.1. The number of rotatable bonds is 3. The average molecular weight is 342 g/mol. The predicted octanol–water partition coefficient (Wildman–Crippen LogP) is 3.97. The van der Waals surface area contributed by atoms with Crippen molar-refractivity contribution in [2.75, 3.05) is 0 Å². The third-order valence-electron chi connectivity index (χ3n) is 4.95. The standard InChI is InChI=1S/C20H26N2O3/c1-14-17(19(23)25-16-12-8-3-2-4-9-13-16)18(22-20(24)21-14)15-10-6-5-7-11-15/h5-7,10-11,16,18H,2-4,8-9,12-13H2,1H3,(H2,21,22,24)/t18-/m1/s1. The Morgan fingerprint density at radius 2 is 1.68 bits per heavy atom. The van der Waals surface area contributed by atoms with E-state index in [0.29, 0.717) is 11.3 Å². The minimum Gasteiger partial charge on any atom is -0.459 e. The van der Waals surface area contributed by atoms with E-state index in [0.717, 1.165) is 31.2 Å².